The van der Waals surface area contributed by atoms with Gasteiger partial charge in [0.15, 0.2) is 0 Å². The standard InChI is InChI=1S/C14H14FN3/c1-10(2)14-17-5-6-18(14)9-11-3-4-13(15)12(7-11)8-16/h3-7,10H,9H2,1-2H3. The number of hydrogen-bond donors (Lipinski definition) is 0. The smallest absolute Gasteiger partial charge is 0.140 e. The predicted octanol–water partition coefficient (Wildman–Crippen LogP) is 3.07. The van der Waals surface area contributed by atoms with Crippen molar-refractivity contribution in [3.05, 3.63) is 53.4 Å². The zero-order valence-corrected chi connectivity index (χ0v) is 10.4. The summed E-state index contributed by atoms with van der Waals surface area (Å²) in [6, 6.07) is 6.46. The van der Waals surface area contributed by atoms with Crippen LogP contribution in [0.15, 0.2) is 30.6 Å². The number of nitrogens with zero attached hydrogens (tertiary/aromatic N) is 3. The van der Waals surface area contributed by atoms with Gasteiger partial charge in [-0.15, -0.1) is 0 Å². The van der Waals surface area contributed by atoms with Crippen molar-refractivity contribution in [3.63, 3.8) is 0 Å². The van der Waals surface area contributed by atoms with Gasteiger partial charge in [-0.05, 0) is 17.7 Å². The van der Waals surface area contributed by atoms with E-state index in [4.69, 9.17) is 5.26 Å². The van der Waals surface area contributed by atoms with Gasteiger partial charge in [0, 0.05) is 24.9 Å². The molecule has 1 aromatic heterocycles. The first kappa shape index (κ1) is 12.3. The Labute approximate surface area is 106 Å². The molecule has 0 radical (unpaired) electrons. The molecule has 18 heavy (non-hydrogen) atoms. The van der Waals surface area contributed by atoms with E-state index in [0.29, 0.717) is 12.5 Å². The van der Waals surface area contributed by atoms with Crippen LogP contribution in [0.1, 0.15) is 36.7 Å². The summed E-state index contributed by atoms with van der Waals surface area (Å²) in [4.78, 5) is 4.30. The van der Waals surface area contributed by atoms with Gasteiger partial charge in [-0.1, -0.05) is 19.9 Å². The van der Waals surface area contributed by atoms with Crippen LogP contribution >= 0.6 is 0 Å². The first-order chi connectivity index (χ1) is 8.61. The average Bonchev–Trinajstić information content (AvgIpc) is 2.80. The van der Waals surface area contributed by atoms with Crippen LogP contribution in [0.25, 0.3) is 0 Å². The van der Waals surface area contributed by atoms with E-state index in [2.05, 4.69) is 18.8 Å². The van der Waals surface area contributed by atoms with E-state index in [1.54, 1.807) is 18.3 Å². The summed E-state index contributed by atoms with van der Waals surface area (Å²) in [5, 5.41) is 8.80. The lowest BCUT2D eigenvalue weighted by atomic mass is 10.1. The molecule has 0 atom stereocenters. The minimum Gasteiger partial charge on any atom is -0.330 e. The largest absolute Gasteiger partial charge is 0.330 e. The molecule has 0 unspecified atom stereocenters. The third-order valence-corrected chi connectivity index (χ3v) is 2.77. The van der Waals surface area contributed by atoms with E-state index in [0.717, 1.165) is 11.4 Å². The maximum atomic E-state index is 13.2. The maximum Gasteiger partial charge on any atom is 0.140 e. The lowest BCUT2D eigenvalue weighted by Crippen LogP contribution is -2.06. The van der Waals surface area contributed by atoms with Crippen LogP contribution in [0.4, 0.5) is 4.39 Å². The quantitative estimate of drug-likeness (QED) is 0.831. The summed E-state index contributed by atoms with van der Waals surface area (Å²) in [7, 11) is 0. The van der Waals surface area contributed by atoms with Crippen molar-refractivity contribution in [1.82, 2.24) is 9.55 Å². The van der Waals surface area contributed by atoms with Crippen LogP contribution in [-0.4, -0.2) is 9.55 Å². The summed E-state index contributed by atoms with van der Waals surface area (Å²) >= 11 is 0. The fraction of sp³-hybridized carbons (Fsp3) is 0.286. The van der Waals surface area contributed by atoms with Crippen molar-refractivity contribution in [3.8, 4) is 6.07 Å². The third kappa shape index (κ3) is 2.40. The zero-order valence-electron chi connectivity index (χ0n) is 10.4. The summed E-state index contributed by atoms with van der Waals surface area (Å²) in [6.07, 6.45) is 3.65. The van der Waals surface area contributed by atoms with Crippen LogP contribution in [0, 0.1) is 17.1 Å². The van der Waals surface area contributed by atoms with Crippen molar-refractivity contribution in [2.45, 2.75) is 26.3 Å². The van der Waals surface area contributed by atoms with E-state index in [1.807, 2.05) is 16.8 Å². The molecule has 3 nitrogen and oxygen atoms in total. The minimum atomic E-state index is -0.476. The molecule has 0 saturated heterocycles. The molecular formula is C14H14FN3. The Morgan fingerprint density at radius 2 is 2.22 bits per heavy atom. The molecule has 0 aliphatic rings. The van der Waals surface area contributed by atoms with Gasteiger partial charge < -0.3 is 4.57 Å². The molecule has 0 bridgehead atoms. The summed E-state index contributed by atoms with van der Waals surface area (Å²) in [5.74, 6) is 0.838. The molecule has 1 aromatic carbocycles. The predicted molar refractivity (Wildman–Crippen MR) is 66.5 cm³/mol. The molecule has 0 amide bonds. The number of benzene rings is 1. The lowest BCUT2D eigenvalue weighted by Gasteiger charge is -2.10. The Hall–Kier alpha value is -2.15. The molecule has 4 heteroatoms. The van der Waals surface area contributed by atoms with Crippen molar-refractivity contribution >= 4 is 0 Å². The maximum absolute atomic E-state index is 13.2. The summed E-state index contributed by atoms with van der Waals surface area (Å²) < 4.78 is 15.2. The Balaban J connectivity index is 2.29. The Kier molecular flexibility index (Phi) is 3.42. The Morgan fingerprint density at radius 3 is 2.89 bits per heavy atom. The Morgan fingerprint density at radius 1 is 1.44 bits per heavy atom. The SMILES string of the molecule is CC(C)c1nccn1Cc1ccc(F)c(C#N)c1. The number of rotatable bonds is 3. The van der Waals surface area contributed by atoms with Gasteiger partial charge in [0.05, 0.1) is 5.56 Å². The average molecular weight is 243 g/mol. The van der Waals surface area contributed by atoms with Gasteiger partial charge in [0.2, 0.25) is 0 Å². The van der Waals surface area contributed by atoms with Crippen LogP contribution in [0.3, 0.4) is 0 Å². The molecular weight excluding hydrogens is 229 g/mol. The van der Waals surface area contributed by atoms with Gasteiger partial charge in [0.1, 0.15) is 17.7 Å². The van der Waals surface area contributed by atoms with Crippen molar-refractivity contribution in [2.75, 3.05) is 0 Å². The topological polar surface area (TPSA) is 41.6 Å². The van der Waals surface area contributed by atoms with Gasteiger partial charge in [-0.3, -0.25) is 0 Å². The zero-order chi connectivity index (χ0) is 13.1. The van der Waals surface area contributed by atoms with E-state index < -0.39 is 5.82 Å². The molecule has 1 heterocycles. The minimum absolute atomic E-state index is 0.0821. The van der Waals surface area contributed by atoms with Crippen molar-refractivity contribution in [2.24, 2.45) is 0 Å². The second kappa shape index (κ2) is 5.01. The molecule has 2 rings (SSSR count). The monoisotopic (exact) mass is 243 g/mol. The van der Waals surface area contributed by atoms with E-state index in [9.17, 15) is 4.39 Å². The third-order valence-electron chi connectivity index (χ3n) is 2.77. The number of aromatic nitrogens is 2. The molecule has 92 valence electrons. The molecule has 0 N–H and O–H groups in total. The van der Waals surface area contributed by atoms with E-state index >= 15 is 0 Å². The number of halogens is 1. The van der Waals surface area contributed by atoms with Crippen molar-refractivity contribution < 1.29 is 4.39 Å². The van der Waals surface area contributed by atoms with Gasteiger partial charge in [-0.2, -0.15) is 5.26 Å². The highest BCUT2D eigenvalue weighted by molar-refractivity contribution is 5.34. The van der Waals surface area contributed by atoms with Crippen LogP contribution < -0.4 is 0 Å². The van der Waals surface area contributed by atoms with Crippen molar-refractivity contribution in [1.29, 1.82) is 5.26 Å². The molecule has 0 aliphatic heterocycles. The second-order valence-electron chi connectivity index (χ2n) is 4.49. The number of nitriles is 1. The fourth-order valence-corrected chi connectivity index (χ4v) is 1.91. The molecule has 0 saturated carbocycles. The first-order valence-corrected chi connectivity index (χ1v) is 5.81. The highest BCUT2D eigenvalue weighted by atomic mass is 19.1. The first-order valence-electron chi connectivity index (χ1n) is 5.81. The fourth-order valence-electron chi connectivity index (χ4n) is 1.91. The molecule has 0 aliphatic carbocycles. The normalized spacial score (nSPS) is 10.6. The van der Waals surface area contributed by atoms with Gasteiger partial charge >= 0.3 is 0 Å². The molecule has 0 spiro atoms. The van der Waals surface area contributed by atoms with Crippen LogP contribution in [-0.2, 0) is 6.54 Å². The summed E-state index contributed by atoms with van der Waals surface area (Å²) in [5.41, 5.74) is 0.978. The van der Waals surface area contributed by atoms with Gasteiger partial charge in [0.25, 0.3) is 0 Å². The number of imidazole rings is 1. The van der Waals surface area contributed by atoms with Crippen LogP contribution in [0.5, 0.6) is 0 Å². The molecule has 2 aromatic rings. The highest BCUT2D eigenvalue weighted by Gasteiger charge is 2.08. The highest BCUT2D eigenvalue weighted by Crippen LogP contribution is 2.15. The van der Waals surface area contributed by atoms with E-state index in [-0.39, 0.29) is 5.56 Å². The summed E-state index contributed by atoms with van der Waals surface area (Å²) in [6.45, 7) is 4.75. The molecule has 0 fully saturated rings. The number of hydrogen-bond acceptors (Lipinski definition) is 2. The van der Waals surface area contributed by atoms with E-state index in [1.165, 1.54) is 6.07 Å². The van der Waals surface area contributed by atoms with Crippen LogP contribution in [0.2, 0.25) is 0 Å². The second-order valence-corrected chi connectivity index (χ2v) is 4.49. The Bertz CT molecular complexity index is 593. The van der Waals surface area contributed by atoms with Gasteiger partial charge in [-0.25, -0.2) is 9.37 Å². The lowest BCUT2D eigenvalue weighted by molar-refractivity contribution is 0.620.